The van der Waals surface area contributed by atoms with Crippen LogP contribution in [0, 0.1) is 0 Å². The molecule has 0 fully saturated rings. The fourth-order valence-electron chi connectivity index (χ4n) is 4.38. The fraction of sp³-hybridized carbons (Fsp3) is 0.581. The van der Waals surface area contributed by atoms with Crippen molar-refractivity contribution in [1.29, 1.82) is 0 Å². The van der Waals surface area contributed by atoms with Gasteiger partial charge in [-0.2, -0.15) is 0 Å². The number of carbonyl (C=O) groups is 1. The number of rotatable bonds is 20. The van der Waals surface area contributed by atoms with E-state index in [9.17, 15) is 9.90 Å². The van der Waals surface area contributed by atoms with Gasteiger partial charge in [0, 0.05) is 70.7 Å². The molecule has 5 heteroatoms. The molecule has 1 N–H and O–H groups in total. The number of unbranched alkanes of at least 4 members (excludes halogenated alkanes) is 15. The third kappa shape index (κ3) is 15.8. The van der Waals surface area contributed by atoms with Gasteiger partial charge < -0.3 is 9.84 Å². The van der Waals surface area contributed by atoms with E-state index >= 15 is 0 Å². The van der Waals surface area contributed by atoms with Crippen LogP contribution < -0.4 is 4.74 Å². The minimum atomic E-state index is -0.178. The molecule has 36 heavy (non-hydrogen) atoms. The molecule has 190 valence electrons. The van der Waals surface area contributed by atoms with Crippen molar-refractivity contribution in [3.63, 3.8) is 0 Å². The molecule has 2 radical (unpaired) electrons. The normalized spacial score (nSPS) is 10.4. The van der Waals surface area contributed by atoms with Gasteiger partial charge in [0.1, 0.15) is 11.5 Å². The predicted octanol–water partition coefficient (Wildman–Crippen LogP) is 8.50. The number of phenolic OH excluding ortho intramolecular Hbond substituents is 1. The first-order valence-electron chi connectivity index (χ1n) is 13.8. The summed E-state index contributed by atoms with van der Waals surface area (Å²) >= 11 is 0. The molecule has 2 rings (SSSR count). The summed E-state index contributed by atoms with van der Waals surface area (Å²) in [5.74, 6) is 0.406. The summed E-state index contributed by atoms with van der Waals surface area (Å²) in [6.45, 7) is 2.92. The number of carbonyl (C=O) groups excluding carboxylic acids is 1. The van der Waals surface area contributed by atoms with Crippen LogP contribution in [0.4, 0.5) is 0 Å². The van der Waals surface area contributed by atoms with Crippen molar-refractivity contribution in [2.24, 2.45) is 0 Å². The smallest absolute Gasteiger partial charge is 0.196 e. The summed E-state index contributed by atoms with van der Waals surface area (Å²) in [6, 6.07) is 14.0. The van der Waals surface area contributed by atoms with E-state index in [0.29, 0.717) is 23.5 Å². The number of hydrogen-bond donors (Lipinski definition) is 1. The molecule has 2 aromatic carbocycles. The van der Waals surface area contributed by atoms with E-state index in [0.717, 1.165) is 6.42 Å². The van der Waals surface area contributed by atoms with Crippen molar-refractivity contribution in [3.05, 3.63) is 59.7 Å². The molecule has 0 spiro atoms. The van der Waals surface area contributed by atoms with Crippen LogP contribution in [0.1, 0.15) is 126 Å². The van der Waals surface area contributed by atoms with Crippen LogP contribution in [0.25, 0.3) is 0 Å². The van der Waals surface area contributed by atoms with Crippen molar-refractivity contribution in [2.75, 3.05) is 6.61 Å². The number of phenols is 1. The second-order valence-electron chi connectivity index (χ2n) is 9.53. The second-order valence-corrected chi connectivity index (χ2v) is 9.53. The van der Waals surface area contributed by atoms with E-state index in [1.165, 1.54) is 96.3 Å². The van der Waals surface area contributed by atoms with Gasteiger partial charge in [-0.05, 0) is 18.6 Å². The summed E-state index contributed by atoms with van der Waals surface area (Å²) in [5, 5.41) is 10.3. The van der Waals surface area contributed by atoms with E-state index < -0.39 is 0 Å². The Labute approximate surface area is 264 Å². The SMILES string of the molecule is CCCCCCCCCCCCCCCCCCOc1ccc(C(=O)c2ccccc2)c(O)c1.[Na].[Na]. The Morgan fingerprint density at radius 3 is 1.61 bits per heavy atom. The molecule has 0 amide bonds. The van der Waals surface area contributed by atoms with Crippen LogP contribution in [0.3, 0.4) is 0 Å². The Morgan fingerprint density at radius 1 is 0.667 bits per heavy atom. The molecular formula is C31H46Na2O3. The largest absolute Gasteiger partial charge is 0.507 e. The summed E-state index contributed by atoms with van der Waals surface area (Å²) in [6.07, 6.45) is 21.6. The van der Waals surface area contributed by atoms with Gasteiger partial charge in [-0.15, -0.1) is 0 Å². The molecule has 0 aliphatic carbocycles. The number of benzene rings is 2. The summed E-state index contributed by atoms with van der Waals surface area (Å²) in [4.78, 5) is 12.5. The molecule has 0 saturated heterocycles. The topological polar surface area (TPSA) is 46.5 Å². The van der Waals surface area contributed by atoms with Gasteiger partial charge >= 0.3 is 0 Å². The zero-order valence-electron chi connectivity index (χ0n) is 23.4. The van der Waals surface area contributed by atoms with Gasteiger partial charge in [0.05, 0.1) is 12.2 Å². The molecular weight excluding hydrogens is 466 g/mol. The van der Waals surface area contributed by atoms with E-state index in [-0.39, 0.29) is 70.6 Å². The monoisotopic (exact) mass is 512 g/mol. The number of aromatic hydroxyl groups is 1. The van der Waals surface area contributed by atoms with Gasteiger partial charge in [-0.3, -0.25) is 4.79 Å². The zero-order chi connectivity index (χ0) is 24.3. The quantitative estimate of drug-likeness (QED) is 0.110. The number of ketones is 1. The first kappa shape index (κ1) is 35.7. The molecule has 0 saturated carbocycles. The Balaban J connectivity index is 0.00000612. The van der Waals surface area contributed by atoms with Crippen LogP contribution in [0.5, 0.6) is 11.5 Å². The fourth-order valence-corrected chi connectivity index (χ4v) is 4.38. The number of hydrogen-bond acceptors (Lipinski definition) is 3. The van der Waals surface area contributed by atoms with Gasteiger partial charge in [0.25, 0.3) is 0 Å². The van der Waals surface area contributed by atoms with Crippen molar-refractivity contribution in [3.8, 4) is 11.5 Å². The van der Waals surface area contributed by atoms with Gasteiger partial charge in [-0.1, -0.05) is 134 Å². The standard InChI is InChI=1S/C31H46O3.2Na/c1-2-3-4-5-6-7-8-9-10-11-12-13-14-15-16-20-25-34-28-23-24-29(30(32)26-28)31(33)27-21-18-17-19-22-27;;/h17-19,21-24,26,32H,2-16,20,25H2,1H3;;. The molecule has 0 aromatic heterocycles. The molecule has 0 heterocycles. The van der Waals surface area contributed by atoms with Crippen LogP contribution in [0.2, 0.25) is 0 Å². The second kappa shape index (κ2) is 23.8. The van der Waals surface area contributed by atoms with E-state index in [2.05, 4.69) is 6.92 Å². The molecule has 0 bridgehead atoms. The van der Waals surface area contributed by atoms with Gasteiger partial charge in [0.15, 0.2) is 5.78 Å². The third-order valence-electron chi connectivity index (χ3n) is 6.52. The first-order valence-corrected chi connectivity index (χ1v) is 13.8. The molecule has 0 aliphatic heterocycles. The number of ether oxygens (including phenoxy) is 1. The molecule has 0 unspecified atom stereocenters. The van der Waals surface area contributed by atoms with Crippen LogP contribution in [0.15, 0.2) is 48.5 Å². The minimum absolute atomic E-state index is 0. The van der Waals surface area contributed by atoms with Crippen molar-refractivity contribution < 1.29 is 14.6 Å². The molecule has 0 aliphatic rings. The maximum Gasteiger partial charge on any atom is 0.196 e. The zero-order valence-corrected chi connectivity index (χ0v) is 27.4. The molecule has 0 atom stereocenters. The minimum Gasteiger partial charge on any atom is -0.507 e. The van der Waals surface area contributed by atoms with Crippen LogP contribution >= 0.6 is 0 Å². The van der Waals surface area contributed by atoms with Gasteiger partial charge in [0.2, 0.25) is 0 Å². The predicted molar refractivity (Wildman–Crippen MR) is 155 cm³/mol. The van der Waals surface area contributed by atoms with E-state index in [1.807, 2.05) is 18.2 Å². The molecule has 2 aromatic rings. The van der Waals surface area contributed by atoms with Crippen LogP contribution in [-0.2, 0) is 0 Å². The maximum atomic E-state index is 12.5. The van der Waals surface area contributed by atoms with Gasteiger partial charge in [-0.25, -0.2) is 0 Å². The summed E-state index contributed by atoms with van der Waals surface area (Å²) < 4.78 is 5.78. The average molecular weight is 513 g/mol. The molecule has 3 nitrogen and oxygen atoms in total. The van der Waals surface area contributed by atoms with E-state index in [1.54, 1.807) is 30.3 Å². The Hall–Kier alpha value is -0.290. The van der Waals surface area contributed by atoms with Crippen molar-refractivity contribution in [2.45, 2.75) is 110 Å². The average Bonchev–Trinajstić information content (AvgIpc) is 2.86. The maximum absolute atomic E-state index is 12.5. The van der Waals surface area contributed by atoms with Crippen molar-refractivity contribution >= 4 is 64.9 Å². The van der Waals surface area contributed by atoms with E-state index in [4.69, 9.17) is 4.74 Å². The van der Waals surface area contributed by atoms with Crippen molar-refractivity contribution in [1.82, 2.24) is 0 Å². The summed E-state index contributed by atoms with van der Waals surface area (Å²) in [5.41, 5.74) is 0.876. The summed E-state index contributed by atoms with van der Waals surface area (Å²) in [7, 11) is 0. The Morgan fingerprint density at radius 2 is 1.14 bits per heavy atom. The van der Waals surface area contributed by atoms with Crippen LogP contribution in [-0.4, -0.2) is 76.6 Å². The Kier molecular flexibility index (Phi) is 23.6. The first-order chi connectivity index (χ1) is 16.7. The Bertz CT molecular complexity index is 796. The third-order valence-corrected chi connectivity index (χ3v) is 6.52.